The monoisotopic (exact) mass is 277 g/mol. The van der Waals surface area contributed by atoms with E-state index in [1.54, 1.807) is 25.1 Å². The van der Waals surface area contributed by atoms with Crippen molar-refractivity contribution in [3.63, 3.8) is 0 Å². The molecule has 106 valence electrons. The SMILES string of the molecule is CC(CO)(Nc1ccccc1F)c1cc(O)cc(O)c1. The molecule has 0 spiro atoms. The van der Waals surface area contributed by atoms with Crippen LogP contribution in [0.5, 0.6) is 11.5 Å². The molecule has 4 nitrogen and oxygen atoms in total. The van der Waals surface area contributed by atoms with Crippen molar-refractivity contribution in [1.82, 2.24) is 0 Å². The van der Waals surface area contributed by atoms with Crippen LogP contribution in [0.25, 0.3) is 0 Å². The number of aliphatic hydroxyl groups excluding tert-OH is 1. The molecule has 1 unspecified atom stereocenters. The third-order valence-corrected chi connectivity index (χ3v) is 3.14. The van der Waals surface area contributed by atoms with Gasteiger partial charge in [0.05, 0.1) is 17.8 Å². The third kappa shape index (κ3) is 2.83. The molecule has 0 aliphatic rings. The summed E-state index contributed by atoms with van der Waals surface area (Å²) >= 11 is 0. The minimum absolute atomic E-state index is 0.130. The second-order valence-corrected chi connectivity index (χ2v) is 4.83. The molecule has 4 N–H and O–H groups in total. The van der Waals surface area contributed by atoms with Crippen LogP contribution in [0.15, 0.2) is 42.5 Å². The standard InChI is InChI=1S/C15H16FNO3/c1-15(9-18,10-6-11(19)8-12(20)7-10)17-14-5-3-2-4-13(14)16/h2-8,17-20H,9H2,1H3. The van der Waals surface area contributed by atoms with Gasteiger partial charge in [-0.25, -0.2) is 4.39 Å². The first-order chi connectivity index (χ1) is 9.44. The number of aromatic hydroxyl groups is 2. The zero-order valence-electron chi connectivity index (χ0n) is 11.0. The molecule has 0 saturated heterocycles. The highest BCUT2D eigenvalue weighted by Gasteiger charge is 2.27. The van der Waals surface area contributed by atoms with Crippen LogP contribution in [0.1, 0.15) is 12.5 Å². The van der Waals surface area contributed by atoms with Crippen LogP contribution in [-0.4, -0.2) is 21.9 Å². The summed E-state index contributed by atoms with van der Waals surface area (Å²) in [5, 5.41) is 31.6. The molecule has 2 aromatic carbocycles. The molecular weight excluding hydrogens is 261 g/mol. The Morgan fingerprint density at radius 3 is 2.25 bits per heavy atom. The van der Waals surface area contributed by atoms with Gasteiger partial charge in [0.2, 0.25) is 0 Å². The van der Waals surface area contributed by atoms with Gasteiger partial charge in [-0.1, -0.05) is 12.1 Å². The topological polar surface area (TPSA) is 72.7 Å². The van der Waals surface area contributed by atoms with E-state index in [9.17, 15) is 19.7 Å². The van der Waals surface area contributed by atoms with Gasteiger partial charge in [0.25, 0.3) is 0 Å². The average Bonchev–Trinajstić information content (AvgIpc) is 2.40. The molecule has 0 bridgehead atoms. The molecule has 0 fully saturated rings. The molecule has 0 aliphatic heterocycles. The summed E-state index contributed by atoms with van der Waals surface area (Å²) in [6.45, 7) is 1.30. The minimum Gasteiger partial charge on any atom is -0.508 e. The number of anilines is 1. The first-order valence-electron chi connectivity index (χ1n) is 6.12. The maximum atomic E-state index is 13.7. The fourth-order valence-electron chi connectivity index (χ4n) is 1.98. The van der Waals surface area contributed by atoms with E-state index >= 15 is 0 Å². The van der Waals surface area contributed by atoms with Crippen molar-refractivity contribution in [1.29, 1.82) is 0 Å². The van der Waals surface area contributed by atoms with Crippen molar-refractivity contribution in [2.24, 2.45) is 0 Å². The number of rotatable bonds is 4. The average molecular weight is 277 g/mol. The molecule has 0 saturated carbocycles. The zero-order valence-corrected chi connectivity index (χ0v) is 11.0. The predicted octanol–water partition coefficient (Wildman–Crippen LogP) is 2.56. The van der Waals surface area contributed by atoms with Crippen LogP contribution < -0.4 is 5.32 Å². The van der Waals surface area contributed by atoms with Crippen molar-refractivity contribution in [3.8, 4) is 11.5 Å². The van der Waals surface area contributed by atoms with E-state index in [0.29, 0.717) is 5.56 Å². The summed E-state index contributed by atoms with van der Waals surface area (Å²) in [4.78, 5) is 0. The highest BCUT2D eigenvalue weighted by atomic mass is 19.1. The number of halogens is 1. The highest BCUT2D eigenvalue weighted by Crippen LogP contribution is 2.32. The van der Waals surface area contributed by atoms with E-state index < -0.39 is 11.4 Å². The predicted molar refractivity (Wildman–Crippen MR) is 74.2 cm³/mol. The first kappa shape index (κ1) is 14.1. The van der Waals surface area contributed by atoms with Crippen molar-refractivity contribution in [3.05, 3.63) is 53.8 Å². The Kier molecular flexibility index (Phi) is 3.81. The lowest BCUT2D eigenvalue weighted by molar-refractivity contribution is 0.223. The number of phenolic OH excluding ortho intramolecular Hbond substituents is 2. The second kappa shape index (κ2) is 5.38. The van der Waals surface area contributed by atoms with Gasteiger partial charge >= 0.3 is 0 Å². The Bertz CT molecular complexity index is 598. The largest absolute Gasteiger partial charge is 0.508 e. The lowest BCUT2D eigenvalue weighted by Gasteiger charge is -2.31. The quantitative estimate of drug-likeness (QED) is 0.693. The molecule has 0 aromatic heterocycles. The zero-order chi connectivity index (χ0) is 14.8. The third-order valence-electron chi connectivity index (χ3n) is 3.14. The first-order valence-corrected chi connectivity index (χ1v) is 6.12. The van der Waals surface area contributed by atoms with E-state index in [4.69, 9.17) is 0 Å². The Morgan fingerprint density at radius 2 is 1.70 bits per heavy atom. The van der Waals surface area contributed by atoms with Crippen molar-refractivity contribution < 1.29 is 19.7 Å². The number of benzene rings is 2. The summed E-state index contributed by atoms with van der Waals surface area (Å²) in [5.74, 6) is -0.707. The molecule has 1 atom stereocenters. The van der Waals surface area contributed by atoms with Crippen molar-refractivity contribution >= 4 is 5.69 Å². The molecular formula is C15H16FNO3. The molecule has 2 aromatic rings. The smallest absolute Gasteiger partial charge is 0.146 e. The van der Waals surface area contributed by atoms with Crippen LogP contribution in [-0.2, 0) is 5.54 Å². The summed E-state index contributed by atoms with van der Waals surface area (Å²) < 4.78 is 13.7. The fourth-order valence-corrected chi connectivity index (χ4v) is 1.98. The number of phenols is 2. The van der Waals surface area contributed by atoms with Crippen LogP contribution in [0.3, 0.4) is 0 Å². The van der Waals surface area contributed by atoms with Crippen LogP contribution in [0, 0.1) is 5.82 Å². The fraction of sp³-hybridized carbons (Fsp3) is 0.200. The van der Waals surface area contributed by atoms with Crippen LogP contribution in [0.4, 0.5) is 10.1 Å². The van der Waals surface area contributed by atoms with Crippen LogP contribution >= 0.6 is 0 Å². The van der Waals surface area contributed by atoms with Gasteiger partial charge in [-0.2, -0.15) is 0 Å². The van der Waals surface area contributed by atoms with Crippen LogP contribution in [0.2, 0.25) is 0 Å². The molecule has 0 radical (unpaired) electrons. The minimum atomic E-state index is -1.04. The van der Waals surface area contributed by atoms with Gasteiger partial charge in [0.15, 0.2) is 0 Å². The molecule has 5 heteroatoms. The second-order valence-electron chi connectivity index (χ2n) is 4.83. The summed E-state index contributed by atoms with van der Waals surface area (Å²) in [7, 11) is 0. The summed E-state index contributed by atoms with van der Waals surface area (Å²) in [6, 6.07) is 10.1. The number of nitrogens with one attached hydrogen (secondary N) is 1. The Balaban J connectivity index is 2.41. The molecule has 20 heavy (non-hydrogen) atoms. The normalized spacial score (nSPS) is 13.8. The van der Waals surface area contributed by atoms with E-state index in [1.165, 1.54) is 24.3 Å². The van der Waals surface area contributed by atoms with E-state index in [2.05, 4.69) is 5.32 Å². The maximum absolute atomic E-state index is 13.7. The van der Waals surface area contributed by atoms with Crippen molar-refractivity contribution in [2.45, 2.75) is 12.5 Å². The number of para-hydroxylation sites is 1. The Labute approximate surface area is 116 Å². The highest BCUT2D eigenvalue weighted by molar-refractivity contribution is 5.51. The van der Waals surface area contributed by atoms with Gasteiger partial charge in [-0.3, -0.25) is 0 Å². The number of aliphatic hydroxyl groups is 1. The van der Waals surface area contributed by atoms with E-state index in [0.717, 1.165) is 0 Å². The molecule has 2 rings (SSSR count). The number of hydrogen-bond donors (Lipinski definition) is 4. The molecule has 0 aliphatic carbocycles. The van der Waals surface area contributed by atoms with Gasteiger partial charge in [0, 0.05) is 6.07 Å². The molecule has 0 heterocycles. The van der Waals surface area contributed by atoms with Crippen molar-refractivity contribution in [2.75, 3.05) is 11.9 Å². The number of hydrogen-bond acceptors (Lipinski definition) is 4. The Hall–Kier alpha value is -2.27. The lowest BCUT2D eigenvalue weighted by atomic mass is 9.92. The van der Waals surface area contributed by atoms with Gasteiger partial charge in [-0.05, 0) is 36.8 Å². The summed E-state index contributed by atoms with van der Waals surface area (Å²) in [6.07, 6.45) is 0. The van der Waals surface area contributed by atoms with E-state index in [1.807, 2.05) is 0 Å². The van der Waals surface area contributed by atoms with Gasteiger partial charge in [-0.15, -0.1) is 0 Å². The maximum Gasteiger partial charge on any atom is 0.146 e. The lowest BCUT2D eigenvalue weighted by Crippen LogP contribution is -2.36. The van der Waals surface area contributed by atoms with E-state index in [-0.39, 0.29) is 23.8 Å². The van der Waals surface area contributed by atoms with Gasteiger partial charge < -0.3 is 20.6 Å². The Morgan fingerprint density at radius 1 is 1.10 bits per heavy atom. The molecule has 0 amide bonds. The van der Waals surface area contributed by atoms with Gasteiger partial charge in [0.1, 0.15) is 17.3 Å². The summed E-state index contributed by atoms with van der Waals surface area (Å²) in [5.41, 5.74) is -0.370.